The van der Waals surface area contributed by atoms with Gasteiger partial charge in [0.1, 0.15) is 5.69 Å². The first-order chi connectivity index (χ1) is 8.77. The first kappa shape index (κ1) is 13.0. The van der Waals surface area contributed by atoms with Gasteiger partial charge in [-0.1, -0.05) is 6.92 Å². The van der Waals surface area contributed by atoms with Crippen molar-refractivity contribution in [2.75, 3.05) is 13.7 Å². The lowest BCUT2D eigenvalue weighted by atomic mass is 10.1. The van der Waals surface area contributed by atoms with Crippen LogP contribution in [0.5, 0.6) is 5.75 Å². The van der Waals surface area contributed by atoms with Gasteiger partial charge in [0.15, 0.2) is 5.75 Å². The zero-order valence-corrected chi connectivity index (χ0v) is 11.6. The second kappa shape index (κ2) is 5.92. The number of aromatic nitrogens is 4. The van der Waals surface area contributed by atoms with E-state index in [1.165, 1.54) is 11.7 Å². The highest BCUT2D eigenvalue weighted by atomic mass is 32.1. The third-order valence-electron chi connectivity index (χ3n) is 2.72. The molecule has 2 rings (SSSR count). The fourth-order valence-corrected chi connectivity index (χ4v) is 2.29. The van der Waals surface area contributed by atoms with E-state index in [-0.39, 0.29) is 6.04 Å². The molecule has 0 aliphatic carbocycles. The fourth-order valence-electron chi connectivity index (χ4n) is 1.84. The minimum atomic E-state index is -0.0360. The van der Waals surface area contributed by atoms with Crippen molar-refractivity contribution in [3.8, 4) is 5.75 Å². The summed E-state index contributed by atoms with van der Waals surface area (Å²) in [4.78, 5) is 0. The van der Waals surface area contributed by atoms with Gasteiger partial charge in [0.2, 0.25) is 0 Å². The van der Waals surface area contributed by atoms with Gasteiger partial charge in [0.25, 0.3) is 0 Å². The third-order valence-corrected chi connectivity index (χ3v) is 3.21. The molecule has 0 spiro atoms. The van der Waals surface area contributed by atoms with Crippen molar-refractivity contribution in [3.05, 3.63) is 23.8 Å². The Balaban J connectivity index is 2.36. The lowest BCUT2D eigenvalue weighted by Gasteiger charge is -2.17. The lowest BCUT2D eigenvalue weighted by Crippen LogP contribution is -2.26. The smallest absolute Gasteiger partial charge is 0.161 e. The Hall–Kier alpha value is -1.47. The van der Waals surface area contributed by atoms with Crippen LogP contribution in [0.1, 0.15) is 30.8 Å². The molecule has 18 heavy (non-hydrogen) atoms. The maximum Gasteiger partial charge on any atom is 0.161 e. The summed E-state index contributed by atoms with van der Waals surface area (Å²) in [5.41, 5.74) is 1.87. The molecule has 2 aromatic heterocycles. The van der Waals surface area contributed by atoms with Crippen LogP contribution in [0.4, 0.5) is 0 Å². The van der Waals surface area contributed by atoms with E-state index in [4.69, 9.17) is 4.74 Å². The number of ether oxygens (including phenoxy) is 1. The van der Waals surface area contributed by atoms with Gasteiger partial charge in [-0.3, -0.25) is 4.68 Å². The first-order valence-corrected chi connectivity index (χ1v) is 6.57. The zero-order valence-electron chi connectivity index (χ0n) is 10.8. The van der Waals surface area contributed by atoms with Gasteiger partial charge in [-0.05, 0) is 13.0 Å². The SMILES string of the molecule is CCCNC(c1cnsn1)c1c(OC)cnn1C. The molecule has 6 nitrogen and oxygen atoms in total. The summed E-state index contributed by atoms with van der Waals surface area (Å²) >= 11 is 1.21. The fraction of sp³-hybridized carbons (Fsp3) is 0.545. The molecule has 7 heteroatoms. The van der Waals surface area contributed by atoms with Crippen molar-refractivity contribution in [1.29, 1.82) is 0 Å². The average Bonchev–Trinajstić information content (AvgIpc) is 3.01. The standard InChI is InChI=1S/C11H17N5OS/c1-4-5-12-10(8-6-14-18-15-8)11-9(17-3)7-13-16(11)2/h6-7,10,12H,4-5H2,1-3H3. The predicted octanol–water partition coefficient (Wildman–Crippen LogP) is 1.37. The molecule has 0 aliphatic rings. The summed E-state index contributed by atoms with van der Waals surface area (Å²) in [7, 11) is 3.55. The number of nitrogens with one attached hydrogen (secondary N) is 1. The molecule has 1 unspecified atom stereocenters. The Bertz CT molecular complexity index is 482. The van der Waals surface area contributed by atoms with Gasteiger partial charge in [-0.25, -0.2) is 0 Å². The number of nitrogens with zero attached hydrogens (tertiary/aromatic N) is 4. The second-order valence-corrected chi connectivity index (χ2v) is 4.50. The summed E-state index contributed by atoms with van der Waals surface area (Å²) in [6, 6.07) is -0.0360. The van der Waals surface area contributed by atoms with Crippen LogP contribution >= 0.6 is 11.7 Å². The van der Waals surface area contributed by atoms with Crippen LogP contribution in [0.25, 0.3) is 0 Å². The van der Waals surface area contributed by atoms with E-state index in [1.807, 2.05) is 11.7 Å². The molecule has 0 bridgehead atoms. The van der Waals surface area contributed by atoms with Crippen LogP contribution in [-0.2, 0) is 7.05 Å². The average molecular weight is 267 g/mol. The molecule has 0 amide bonds. The van der Waals surface area contributed by atoms with Gasteiger partial charge in [0, 0.05) is 7.05 Å². The molecule has 98 valence electrons. The maximum absolute atomic E-state index is 5.36. The molecule has 2 aromatic rings. The van der Waals surface area contributed by atoms with Gasteiger partial charge < -0.3 is 10.1 Å². The summed E-state index contributed by atoms with van der Waals surface area (Å²) in [5, 5.41) is 7.69. The van der Waals surface area contributed by atoms with E-state index in [0.717, 1.165) is 30.1 Å². The van der Waals surface area contributed by atoms with E-state index in [9.17, 15) is 0 Å². The maximum atomic E-state index is 5.36. The molecule has 1 N–H and O–H groups in total. The Morgan fingerprint density at radius 3 is 2.94 bits per heavy atom. The highest BCUT2D eigenvalue weighted by molar-refractivity contribution is 6.99. The van der Waals surface area contributed by atoms with Gasteiger partial charge in [0.05, 0.1) is 43.0 Å². The molecular formula is C11H17N5OS. The van der Waals surface area contributed by atoms with Crippen LogP contribution in [0.3, 0.4) is 0 Å². The minimum absolute atomic E-state index is 0.0360. The highest BCUT2D eigenvalue weighted by Gasteiger charge is 2.23. The van der Waals surface area contributed by atoms with E-state index in [2.05, 4.69) is 26.1 Å². The van der Waals surface area contributed by atoms with Gasteiger partial charge in [-0.15, -0.1) is 0 Å². The molecule has 0 fully saturated rings. The number of hydrogen-bond acceptors (Lipinski definition) is 6. The summed E-state index contributed by atoms with van der Waals surface area (Å²) in [6.07, 6.45) is 4.55. The van der Waals surface area contributed by atoms with Crippen LogP contribution in [0.15, 0.2) is 12.4 Å². The molecule has 1 atom stereocenters. The van der Waals surface area contributed by atoms with Crippen molar-refractivity contribution in [1.82, 2.24) is 23.8 Å². The van der Waals surface area contributed by atoms with Crippen molar-refractivity contribution < 1.29 is 4.74 Å². The van der Waals surface area contributed by atoms with Gasteiger partial charge >= 0.3 is 0 Å². The van der Waals surface area contributed by atoms with Crippen LogP contribution < -0.4 is 10.1 Å². The third kappa shape index (κ3) is 2.51. The van der Waals surface area contributed by atoms with Crippen LogP contribution in [0, 0.1) is 0 Å². The predicted molar refractivity (Wildman–Crippen MR) is 69.8 cm³/mol. The van der Waals surface area contributed by atoms with Crippen LogP contribution in [-0.4, -0.2) is 32.2 Å². The van der Waals surface area contributed by atoms with Crippen molar-refractivity contribution in [2.45, 2.75) is 19.4 Å². The molecule has 2 heterocycles. The first-order valence-electron chi connectivity index (χ1n) is 5.84. The Kier molecular flexibility index (Phi) is 4.27. The highest BCUT2D eigenvalue weighted by Crippen LogP contribution is 2.28. The monoisotopic (exact) mass is 267 g/mol. The number of rotatable bonds is 6. The van der Waals surface area contributed by atoms with Crippen molar-refractivity contribution in [3.63, 3.8) is 0 Å². The van der Waals surface area contributed by atoms with Gasteiger partial charge in [-0.2, -0.15) is 13.8 Å². The molecular weight excluding hydrogens is 250 g/mol. The van der Waals surface area contributed by atoms with E-state index in [0.29, 0.717) is 0 Å². The largest absolute Gasteiger partial charge is 0.493 e. The molecule has 0 saturated heterocycles. The Morgan fingerprint density at radius 2 is 2.33 bits per heavy atom. The molecule has 0 aliphatic heterocycles. The lowest BCUT2D eigenvalue weighted by molar-refractivity contribution is 0.400. The second-order valence-electron chi connectivity index (χ2n) is 3.94. The summed E-state index contributed by atoms with van der Waals surface area (Å²) < 4.78 is 15.5. The van der Waals surface area contributed by atoms with Crippen molar-refractivity contribution in [2.24, 2.45) is 7.05 Å². The number of methoxy groups -OCH3 is 1. The molecule has 0 saturated carbocycles. The Morgan fingerprint density at radius 1 is 1.50 bits per heavy atom. The summed E-state index contributed by atoms with van der Waals surface area (Å²) in [5.74, 6) is 0.763. The van der Waals surface area contributed by atoms with Crippen molar-refractivity contribution >= 4 is 11.7 Å². The minimum Gasteiger partial charge on any atom is -0.493 e. The quantitative estimate of drug-likeness (QED) is 0.856. The molecule has 0 radical (unpaired) electrons. The number of aryl methyl sites for hydroxylation is 1. The number of hydrogen-bond donors (Lipinski definition) is 1. The molecule has 0 aromatic carbocycles. The zero-order chi connectivity index (χ0) is 13.0. The Labute approximate surface area is 110 Å². The summed E-state index contributed by atoms with van der Waals surface area (Å²) in [6.45, 7) is 3.03. The normalized spacial score (nSPS) is 12.6. The van der Waals surface area contributed by atoms with E-state index >= 15 is 0 Å². The van der Waals surface area contributed by atoms with Crippen LogP contribution in [0.2, 0.25) is 0 Å². The van der Waals surface area contributed by atoms with E-state index < -0.39 is 0 Å². The van der Waals surface area contributed by atoms with E-state index in [1.54, 1.807) is 19.5 Å². The topological polar surface area (TPSA) is 64.9 Å².